The Morgan fingerprint density at radius 3 is 2.80 bits per heavy atom. The van der Waals surface area contributed by atoms with Crippen LogP contribution in [0.25, 0.3) is 0 Å². The van der Waals surface area contributed by atoms with Crippen LogP contribution < -0.4 is 10.0 Å². The number of hydrogen-bond acceptors (Lipinski definition) is 6. The van der Waals surface area contributed by atoms with Gasteiger partial charge in [-0.2, -0.15) is 0 Å². The highest BCUT2D eigenvalue weighted by Crippen LogP contribution is 2.23. The molecule has 1 heterocycles. The molecule has 0 saturated carbocycles. The van der Waals surface area contributed by atoms with E-state index in [1.54, 1.807) is 24.3 Å². The van der Waals surface area contributed by atoms with Gasteiger partial charge in [0.1, 0.15) is 6.20 Å². The molecular weight excluding hydrogens is 342 g/mol. The Kier molecular flexibility index (Phi) is 6.76. The van der Waals surface area contributed by atoms with Crippen LogP contribution in [0.3, 0.4) is 0 Å². The smallest absolute Gasteiger partial charge is 0.339 e. The van der Waals surface area contributed by atoms with Gasteiger partial charge in [0.25, 0.3) is 0 Å². The van der Waals surface area contributed by atoms with Crippen molar-refractivity contribution in [2.24, 2.45) is 0 Å². The molecule has 0 fully saturated rings. The number of amides is 1. The zero-order valence-electron chi connectivity index (χ0n) is 14.0. The summed E-state index contributed by atoms with van der Waals surface area (Å²) in [5.41, 5.74) is 0.346. The fourth-order valence-electron chi connectivity index (χ4n) is 1.97. The van der Waals surface area contributed by atoms with Crippen LogP contribution in [0, 0.1) is 5.21 Å². The maximum atomic E-state index is 12.3. The molecule has 0 aliphatic heterocycles. The van der Waals surface area contributed by atoms with Crippen molar-refractivity contribution in [2.45, 2.75) is 31.4 Å². The lowest BCUT2D eigenvalue weighted by Crippen LogP contribution is -2.33. The lowest BCUT2D eigenvalue weighted by Gasteiger charge is -2.10. The van der Waals surface area contributed by atoms with Gasteiger partial charge in [0.15, 0.2) is 6.61 Å². The molecule has 2 aromatic rings. The van der Waals surface area contributed by atoms with Crippen molar-refractivity contribution >= 4 is 23.6 Å². The number of nitrogens with zero attached hydrogens (tertiary/aromatic N) is 2. The number of carbonyl (C=O) groups excluding carboxylic acids is 2. The Morgan fingerprint density at radius 2 is 2.08 bits per heavy atom. The number of rotatable bonds is 7. The largest absolute Gasteiger partial charge is 0.711 e. The molecule has 0 aliphatic carbocycles. The minimum Gasteiger partial charge on any atom is -0.711 e. The molecule has 1 aromatic carbocycles. The van der Waals surface area contributed by atoms with Crippen LogP contribution in [-0.2, 0) is 16.1 Å². The zero-order valence-corrected chi connectivity index (χ0v) is 14.8. The molecular formula is C17H19N3O4S. The summed E-state index contributed by atoms with van der Waals surface area (Å²) in [6.07, 6.45) is 2.74. The Hall–Kier alpha value is -2.61. The van der Waals surface area contributed by atoms with E-state index in [1.165, 1.54) is 30.2 Å². The summed E-state index contributed by atoms with van der Waals surface area (Å²) < 4.78 is 5.72. The second-order valence-corrected chi connectivity index (χ2v) is 6.46. The van der Waals surface area contributed by atoms with E-state index in [2.05, 4.69) is 10.3 Å². The summed E-state index contributed by atoms with van der Waals surface area (Å²) in [5.74, 6) is -0.386. The lowest BCUT2D eigenvalue weighted by molar-refractivity contribution is -0.620. The molecule has 0 saturated heterocycles. The maximum absolute atomic E-state index is 12.3. The van der Waals surface area contributed by atoms with Crippen LogP contribution in [0.1, 0.15) is 30.0 Å². The van der Waals surface area contributed by atoms with Gasteiger partial charge >= 0.3 is 11.8 Å². The van der Waals surface area contributed by atoms with E-state index in [-0.39, 0.29) is 30.1 Å². The first-order chi connectivity index (χ1) is 12.0. The maximum Gasteiger partial charge on any atom is 0.339 e. The van der Waals surface area contributed by atoms with Gasteiger partial charge in [-0.25, -0.2) is 9.52 Å². The summed E-state index contributed by atoms with van der Waals surface area (Å²) in [6, 6.07) is 8.41. The van der Waals surface area contributed by atoms with E-state index in [4.69, 9.17) is 4.74 Å². The Labute approximate surface area is 150 Å². The zero-order chi connectivity index (χ0) is 18.2. The first-order valence-corrected chi connectivity index (χ1v) is 8.67. The van der Waals surface area contributed by atoms with E-state index in [9.17, 15) is 14.8 Å². The van der Waals surface area contributed by atoms with Gasteiger partial charge in [-0.3, -0.25) is 4.79 Å². The molecule has 8 heteroatoms. The number of aromatic nitrogens is 2. The molecule has 0 unspecified atom stereocenters. The molecule has 0 spiro atoms. The van der Waals surface area contributed by atoms with Crippen LogP contribution in [0.15, 0.2) is 47.6 Å². The van der Waals surface area contributed by atoms with Crippen LogP contribution in [0.2, 0.25) is 0 Å². The molecule has 0 radical (unpaired) electrons. The molecule has 1 amide bonds. The number of esters is 1. The van der Waals surface area contributed by atoms with Gasteiger partial charge in [-0.1, -0.05) is 12.1 Å². The Balaban J connectivity index is 2.00. The SMILES string of the molecule is CC(C)NC(=O)CSc1ccccc1C(=O)OCc1nccc[n+]1[O-]. The average molecular weight is 361 g/mol. The van der Waals surface area contributed by atoms with Gasteiger partial charge in [0.05, 0.1) is 17.5 Å². The Morgan fingerprint density at radius 1 is 1.32 bits per heavy atom. The van der Waals surface area contributed by atoms with Gasteiger partial charge in [0.2, 0.25) is 5.91 Å². The van der Waals surface area contributed by atoms with E-state index < -0.39 is 5.97 Å². The number of ether oxygens (including phenoxy) is 1. The highest BCUT2D eigenvalue weighted by Gasteiger charge is 2.16. The second kappa shape index (κ2) is 9.03. The van der Waals surface area contributed by atoms with Crippen LogP contribution in [-0.4, -0.2) is 28.7 Å². The summed E-state index contributed by atoms with van der Waals surface area (Å²) >= 11 is 1.25. The number of benzene rings is 1. The standard InChI is InChI=1S/C17H19N3O4S/c1-12(2)19-16(21)11-25-14-7-4-3-6-13(14)17(22)24-10-15-18-8-5-9-20(15)23/h3-9,12H,10-11H2,1-2H3,(H,19,21). The quantitative estimate of drug-likeness (QED) is 0.349. The van der Waals surface area contributed by atoms with E-state index in [0.29, 0.717) is 15.2 Å². The third kappa shape index (κ3) is 5.75. The van der Waals surface area contributed by atoms with Crippen molar-refractivity contribution in [2.75, 3.05) is 5.75 Å². The molecule has 7 nitrogen and oxygen atoms in total. The van der Waals surface area contributed by atoms with E-state index in [1.807, 2.05) is 13.8 Å². The van der Waals surface area contributed by atoms with Crippen LogP contribution in [0.4, 0.5) is 0 Å². The topological polar surface area (TPSA) is 95.2 Å². The normalized spacial score (nSPS) is 10.5. The minimum absolute atomic E-state index is 0.0606. The molecule has 132 valence electrons. The van der Waals surface area contributed by atoms with Gasteiger partial charge in [-0.05, 0) is 31.0 Å². The van der Waals surface area contributed by atoms with Crippen molar-refractivity contribution < 1.29 is 19.1 Å². The van der Waals surface area contributed by atoms with Crippen LogP contribution in [0.5, 0.6) is 0 Å². The molecule has 0 atom stereocenters. The van der Waals surface area contributed by atoms with Crippen molar-refractivity contribution in [3.63, 3.8) is 0 Å². The fraction of sp³-hybridized carbons (Fsp3) is 0.294. The molecule has 0 bridgehead atoms. The molecule has 25 heavy (non-hydrogen) atoms. The predicted molar refractivity (Wildman–Crippen MR) is 92.8 cm³/mol. The van der Waals surface area contributed by atoms with E-state index >= 15 is 0 Å². The summed E-state index contributed by atoms with van der Waals surface area (Å²) in [5, 5.41) is 14.3. The van der Waals surface area contributed by atoms with Crippen molar-refractivity contribution in [3.8, 4) is 0 Å². The number of nitrogens with one attached hydrogen (secondary N) is 1. The van der Waals surface area contributed by atoms with Gasteiger partial charge in [0, 0.05) is 17.0 Å². The monoisotopic (exact) mass is 361 g/mol. The Bertz CT molecular complexity index is 752. The molecule has 1 aromatic heterocycles. The van der Waals surface area contributed by atoms with Crippen molar-refractivity contribution in [1.29, 1.82) is 0 Å². The highest BCUT2D eigenvalue weighted by molar-refractivity contribution is 8.00. The number of thioether (sulfide) groups is 1. The lowest BCUT2D eigenvalue weighted by atomic mass is 10.2. The van der Waals surface area contributed by atoms with E-state index in [0.717, 1.165) is 0 Å². The minimum atomic E-state index is -0.571. The number of carbonyl (C=O) groups is 2. The first kappa shape index (κ1) is 18.7. The average Bonchev–Trinajstić information content (AvgIpc) is 2.58. The highest BCUT2D eigenvalue weighted by atomic mass is 32.2. The van der Waals surface area contributed by atoms with Crippen molar-refractivity contribution in [3.05, 3.63) is 59.3 Å². The van der Waals surface area contributed by atoms with Gasteiger partial charge in [-0.15, -0.1) is 11.8 Å². The van der Waals surface area contributed by atoms with Gasteiger partial charge < -0.3 is 15.3 Å². The fourth-order valence-corrected chi connectivity index (χ4v) is 2.82. The predicted octanol–water partition coefficient (Wildman–Crippen LogP) is 1.69. The molecule has 0 aliphatic rings. The van der Waals surface area contributed by atoms with Crippen molar-refractivity contribution in [1.82, 2.24) is 10.3 Å². The number of hydrogen-bond donors (Lipinski definition) is 1. The summed E-state index contributed by atoms with van der Waals surface area (Å²) in [7, 11) is 0. The third-order valence-electron chi connectivity index (χ3n) is 3.03. The molecule has 2 rings (SSSR count). The second-order valence-electron chi connectivity index (χ2n) is 5.44. The first-order valence-electron chi connectivity index (χ1n) is 7.68. The van der Waals surface area contributed by atoms with Crippen LogP contribution >= 0.6 is 11.8 Å². The molecule has 1 N–H and O–H groups in total. The summed E-state index contributed by atoms with van der Waals surface area (Å²) in [6.45, 7) is 3.54. The summed E-state index contributed by atoms with van der Waals surface area (Å²) in [4.78, 5) is 28.6. The third-order valence-corrected chi connectivity index (χ3v) is 4.11.